The number of benzene rings is 2. The molecule has 8 heteroatoms. The summed E-state index contributed by atoms with van der Waals surface area (Å²) in [4.78, 5) is 11.8. The molecule has 2 aromatic carbocycles. The van der Waals surface area contributed by atoms with Gasteiger partial charge in [0.05, 0.1) is 13.2 Å². The first-order valence-electron chi connectivity index (χ1n) is 12.8. The van der Waals surface area contributed by atoms with Gasteiger partial charge in [-0.25, -0.2) is 13.9 Å². The van der Waals surface area contributed by atoms with Crippen molar-refractivity contribution in [2.45, 2.75) is 85.2 Å². The van der Waals surface area contributed by atoms with Gasteiger partial charge in [0.25, 0.3) is 0 Å². The molecule has 0 saturated carbocycles. The Bertz CT molecular complexity index is 1130. The van der Waals surface area contributed by atoms with Crippen molar-refractivity contribution in [3.8, 4) is 11.4 Å². The molecule has 0 saturated heterocycles. The van der Waals surface area contributed by atoms with Crippen LogP contribution in [0.2, 0.25) is 0 Å². The lowest BCUT2D eigenvalue weighted by molar-refractivity contribution is -0.577. The largest absolute Gasteiger partial charge is 0.731 e. The van der Waals surface area contributed by atoms with Gasteiger partial charge < -0.3 is 4.65 Å². The Labute approximate surface area is 218 Å². The fraction of sp³-hybridized carbons (Fsp3) is 0.448. The van der Waals surface area contributed by atoms with E-state index in [4.69, 9.17) is 4.65 Å². The second-order valence-electron chi connectivity index (χ2n) is 10.6. The Morgan fingerprint density at radius 3 is 1.65 bits per heavy atom. The summed E-state index contributed by atoms with van der Waals surface area (Å²) in [5, 5.41) is 0. The number of carbonyl (C=O) groups excluding carboxylic acids is 1. The number of imidazole rings is 1. The molecule has 1 aromatic heterocycles. The second kappa shape index (κ2) is 11.2. The Morgan fingerprint density at radius 1 is 0.811 bits per heavy atom. The van der Waals surface area contributed by atoms with Crippen molar-refractivity contribution >= 4 is 19.2 Å². The fourth-order valence-electron chi connectivity index (χ4n) is 4.65. The monoisotopic (exact) mass is 512 g/mol. The molecular weight excluding hydrogens is 476 g/mol. The summed E-state index contributed by atoms with van der Waals surface area (Å²) in [6.07, 6.45) is -1.43. The summed E-state index contributed by atoms with van der Waals surface area (Å²) >= 11 is 0. The number of halogens is 3. The van der Waals surface area contributed by atoms with Crippen LogP contribution >= 0.6 is 0 Å². The Hall–Kier alpha value is -3.03. The minimum Gasteiger partial charge on any atom is -0.731 e. The van der Waals surface area contributed by atoms with Gasteiger partial charge in [0.15, 0.2) is 0 Å². The first kappa shape index (κ1) is 28.5. The average Bonchev–Trinajstić information content (AvgIpc) is 3.23. The maximum absolute atomic E-state index is 13.1. The third-order valence-electron chi connectivity index (χ3n) is 6.53. The number of hydrogen-bond acceptors (Lipinski definition) is 2. The fourth-order valence-corrected chi connectivity index (χ4v) is 4.65. The zero-order valence-corrected chi connectivity index (χ0v) is 22.9. The first-order chi connectivity index (χ1) is 17.3. The molecule has 0 aliphatic carbocycles. The van der Waals surface area contributed by atoms with E-state index in [1.54, 1.807) is 0 Å². The van der Waals surface area contributed by atoms with Crippen LogP contribution in [0.3, 0.4) is 0 Å². The first-order valence-corrected chi connectivity index (χ1v) is 12.8. The molecule has 3 aromatic rings. The predicted octanol–water partition coefficient (Wildman–Crippen LogP) is 6.60. The van der Waals surface area contributed by atoms with Gasteiger partial charge in [-0.05, 0) is 23.7 Å². The van der Waals surface area contributed by atoms with Crippen molar-refractivity contribution < 1.29 is 27.2 Å². The lowest BCUT2D eigenvalue weighted by Crippen LogP contribution is -2.54. The van der Waals surface area contributed by atoms with Gasteiger partial charge in [-0.1, -0.05) is 91.8 Å². The molecule has 0 unspecified atom stereocenters. The van der Waals surface area contributed by atoms with Crippen molar-refractivity contribution in [2.75, 3.05) is 0 Å². The van der Waals surface area contributed by atoms with Gasteiger partial charge >= 0.3 is 12.1 Å². The van der Waals surface area contributed by atoms with Gasteiger partial charge in [-0.15, -0.1) is 0 Å². The molecule has 1 heterocycles. The predicted molar refractivity (Wildman–Crippen MR) is 141 cm³/mol. The minimum absolute atomic E-state index is 0.157. The number of carbonyl (C=O) groups is 1. The van der Waals surface area contributed by atoms with Crippen molar-refractivity contribution in [3.63, 3.8) is 0 Å². The lowest BCUT2D eigenvalue weighted by Gasteiger charge is -2.25. The molecule has 0 spiro atoms. The average molecular weight is 512 g/mol. The van der Waals surface area contributed by atoms with Crippen molar-refractivity contribution in [3.05, 3.63) is 71.0 Å². The van der Waals surface area contributed by atoms with E-state index in [1.807, 2.05) is 57.9 Å². The SMILES string of the molecule is CC(C)c1cccc(C(C)C)c1-n1cc[n+](-c2c(C(C)C)cccc2C(C)C)c1[B-]OC(=O)C(F)(F)F. The van der Waals surface area contributed by atoms with Crippen molar-refractivity contribution in [2.24, 2.45) is 0 Å². The highest BCUT2D eigenvalue weighted by molar-refractivity contribution is 6.46. The molecule has 0 bridgehead atoms. The van der Waals surface area contributed by atoms with Crippen LogP contribution in [0.25, 0.3) is 11.4 Å². The van der Waals surface area contributed by atoms with Crippen LogP contribution in [-0.2, 0) is 9.45 Å². The van der Waals surface area contributed by atoms with E-state index >= 15 is 0 Å². The van der Waals surface area contributed by atoms with Crippen LogP contribution in [0, 0.1) is 0 Å². The third-order valence-corrected chi connectivity index (χ3v) is 6.53. The number of rotatable bonds is 8. The zero-order valence-electron chi connectivity index (χ0n) is 22.9. The maximum atomic E-state index is 13.1. The van der Waals surface area contributed by atoms with E-state index in [0.717, 1.165) is 41.1 Å². The molecule has 4 nitrogen and oxygen atoms in total. The molecule has 0 aliphatic heterocycles. The molecule has 0 atom stereocenters. The highest BCUT2D eigenvalue weighted by Crippen LogP contribution is 2.32. The summed E-state index contributed by atoms with van der Waals surface area (Å²) in [7, 11) is 0.929. The molecule has 0 amide bonds. The highest BCUT2D eigenvalue weighted by atomic mass is 19.4. The molecule has 198 valence electrons. The van der Waals surface area contributed by atoms with Gasteiger partial charge in [0, 0.05) is 22.3 Å². The van der Waals surface area contributed by atoms with Crippen LogP contribution in [0.15, 0.2) is 48.8 Å². The van der Waals surface area contributed by atoms with E-state index in [9.17, 15) is 18.0 Å². The summed E-state index contributed by atoms with van der Waals surface area (Å²) in [6, 6.07) is 12.1. The van der Waals surface area contributed by atoms with Crippen molar-refractivity contribution in [1.29, 1.82) is 0 Å². The normalized spacial score (nSPS) is 12.3. The van der Waals surface area contributed by atoms with Crippen LogP contribution in [-0.4, -0.2) is 24.2 Å². The number of aromatic nitrogens is 2. The van der Waals surface area contributed by atoms with Gasteiger partial charge in [-0.3, -0.25) is 0 Å². The van der Waals surface area contributed by atoms with Crippen LogP contribution in [0.4, 0.5) is 13.2 Å². The topological polar surface area (TPSA) is 35.1 Å². The molecule has 0 N–H and O–H groups in total. The maximum Gasteiger partial charge on any atom is 0.486 e. The Morgan fingerprint density at radius 2 is 1.24 bits per heavy atom. The molecule has 0 fully saturated rings. The van der Waals surface area contributed by atoms with Crippen molar-refractivity contribution in [1.82, 2.24) is 4.57 Å². The van der Waals surface area contributed by atoms with Crippen LogP contribution < -0.4 is 10.3 Å². The number of alkyl halides is 3. The van der Waals surface area contributed by atoms with Gasteiger partial charge in [0.2, 0.25) is 0 Å². The number of nitrogens with zero attached hydrogens (tertiary/aromatic N) is 2. The van der Waals surface area contributed by atoms with Crippen LogP contribution in [0.1, 0.15) is 101 Å². The highest BCUT2D eigenvalue weighted by Gasteiger charge is 2.38. The molecule has 2 radical (unpaired) electrons. The summed E-state index contributed by atoms with van der Waals surface area (Å²) < 4.78 is 47.7. The van der Waals surface area contributed by atoms with E-state index in [-0.39, 0.29) is 23.7 Å². The Kier molecular flexibility index (Phi) is 8.61. The summed E-state index contributed by atoms with van der Waals surface area (Å²) in [6.45, 7) is 16.7. The molecule has 3 rings (SSSR count). The number of hydrogen-bond donors (Lipinski definition) is 0. The smallest absolute Gasteiger partial charge is 0.486 e. The molecular formula is C29H36BF3N2O2. The second-order valence-corrected chi connectivity index (χ2v) is 10.6. The summed E-state index contributed by atoms with van der Waals surface area (Å²) in [5.74, 6) is -1.63. The standard InChI is InChI=1S/C29H36BF3N2O2/c1-17(2)21-11-9-12-22(18(3)4)25(21)34-15-16-35(28(34)30-37-27(36)29(31,32)33)26-23(19(5)6)13-10-14-24(26)20(7)8/h9-20H,1-8H3. The number of para-hydroxylation sites is 2. The lowest BCUT2D eigenvalue weighted by atomic mass is 9.90. The van der Waals surface area contributed by atoms with E-state index in [0.29, 0.717) is 5.72 Å². The quantitative estimate of drug-likeness (QED) is 0.252. The van der Waals surface area contributed by atoms with E-state index in [1.165, 1.54) is 0 Å². The minimum atomic E-state index is -5.10. The summed E-state index contributed by atoms with van der Waals surface area (Å²) in [5.41, 5.74) is 6.28. The van der Waals surface area contributed by atoms with Crippen LogP contribution in [0.5, 0.6) is 0 Å². The van der Waals surface area contributed by atoms with E-state index in [2.05, 4.69) is 55.4 Å². The zero-order chi connectivity index (χ0) is 27.7. The van der Waals surface area contributed by atoms with Gasteiger partial charge in [-0.2, -0.15) is 13.2 Å². The molecule has 37 heavy (non-hydrogen) atoms. The third kappa shape index (κ3) is 5.94. The van der Waals surface area contributed by atoms with Gasteiger partial charge in [0.1, 0.15) is 23.8 Å². The molecule has 0 aliphatic rings. The van der Waals surface area contributed by atoms with E-state index < -0.39 is 12.1 Å². The Balaban J connectivity index is 2.38.